The molecule has 0 unspecified atom stereocenters. The first-order valence-corrected chi connectivity index (χ1v) is 8.67. The van der Waals surface area contributed by atoms with Crippen LogP contribution in [0.2, 0.25) is 0 Å². The summed E-state index contributed by atoms with van der Waals surface area (Å²) in [5.74, 6) is 0.283. The number of sulfonamides is 1. The summed E-state index contributed by atoms with van der Waals surface area (Å²) in [4.78, 5) is 14.0. The SMILES string of the molecule is Cc1cc(C(=O)N2C[C@@H](CS(=O)(=O)N(C)C)[C@H](O)C2)c(C)o1. The summed E-state index contributed by atoms with van der Waals surface area (Å²) in [5, 5.41) is 10.1. The fourth-order valence-corrected chi connectivity index (χ4v) is 3.78. The van der Waals surface area contributed by atoms with Gasteiger partial charge in [-0.05, 0) is 19.9 Å². The van der Waals surface area contributed by atoms with Crippen LogP contribution >= 0.6 is 0 Å². The zero-order valence-corrected chi connectivity index (χ0v) is 14.1. The number of furan rings is 1. The van der Waals surface area contributed by atoms with E-state index in [9.17, 15) is 18.3 Å². The molecule has 2 atom stereocenters. The standard InChI is InChI=1S/C14H22N2O5S/c1-9-5-12(10(2)21-9)14(18)16-6-11(13(17)7-16)8-22(19,20)15(3)4/h5,11,13,17H,6-8H2,1-4H3/t11-,13+/m0/s1. The van der Waals surface area contributed by atoms with Gasteiger partial charge in [0, 0.05) is 33.1 Å². The molecule has 1 saturated heterocycles. The van der Waals surface area contributed by atoms with Crippen LogP contribution in [0.5, 0.6) is 0 Å². The van der Waals surface area contributed by atoms with Crippen molar-refractivity contribution in [1.82, 2.24) is 9.21 Å². The molecule has 0 bridgehead atoms. The number of hydrogen-bond donors (Lipinski definition) is 1. The van der Waals surface area contributed by atoms with Crippen molar-refractivity contribution in [3.05, 3.63) is 23.2 Å². The maximum Gasteiger partial charge on any atom is 0.257 e. The molecule has 0 aromatic carbocycles. The van der Waals surface area contributed by atoms with Crippen LogP contribution in [0.4, 0.5) is 0 Å². The topological polar surface area (TPSA) is 91.1 Å². The summed E-state index contributed by atoms with van der Waals surface area (Å²) < 4.78 is 30.3. The quantitative estimate of drug-likeness (QED) is 0.853. The Morgan fingerprint density at radius 2 is 2.05 bits per heavy atom. The first kappa shape index (κ1) is 17.0. The fourth-order valence-electron chi connectivity index (χ4n) is 2.62. The first-order chi connectivity index (χ1) is 10.1. The van der Waals surface area contributed by atoms with Crippen molar-refractivity contribution in [2.24, 2.45) is 5.92 Å². The second-order valence-corrected chi connectivity index (χ2v) is 8.15. The number of rotatable bonds is 4. The number of hydrogen-bond acceptors (Lipinski definition) is 5. The third-order valence-corrected chi connectivity index (χ3v) is 5.91. The average molecular weight is 330 g/mol. The van der Waals surface area contributed by atoms with Crippen molar-refractivity contribution < 1.29 is 22.7 Å². The third-order valence-electron chi connectivity index (χ3n) is 3.95. The van der Waals surface area contributed by atoms with Gasteiger partial charge in [0.05, 0.1) is 17.4 Å². The molecule has 1 aromatic rings. The lowest BCUT2D eigenvalue weighted by molar-refractivity contribution is 0.0763. The number of aryl methyl sites for hydroxylation is 2. The van der Waals surface area contributed by atoms with E-state index >= 15 is 0 Å². The Balaban J connectivity index is 2.11. The number of nitrogens with zero attached hydrogens (tertiary/aromatic N) is 2. The minimum atomic E-state index is -3.42. The van der Waals surface area contributed by atoms with Gasteiger partial charge in [0.25, 0.3) is 5.91 Å². The zero-order chi connectivity index (χ0) is 16.7. The van der Waals surface area contributed by atoms with Crippen LogP contribution in [0.25, 0.3) is 0 Å². The van der Waals surface area contributed by atoms with E-state index in [-0.39, 0.29) is 24.7 Å². The van der Waals surface area contributed by atoms with Gasteiger partial charge < -0.3 is 14.4 Å². The van der Waals surface area contributed by atoms with Crippen LogP contribution in [-0.2, 0) is 10.0 Å². The Morgan fingerprint density at radius 3 is 2.55 bits per heavy atom. The van der Waals surface area contributed by atoms with E-state index in [1.54, 1.807) is 19.9 Å². The Labute approximate surface area is 130 Å². The van der Waals surface area contributed by atoms with E-state index in [1.807, 2.05) is 0 Å². The van der Waals surface area contributed by atoms with E-state index in [1.165, 1.54) is 19.0 Å². The van der Waals surface area contributed by atoms with Crippen molar-refractivity contribution in [2.75, 3.05) is 32.9 Å². The van der Waals surface area contributed by atoms with Gasteiger partial charge in [0.15, 0.2) is 0 Å². The van der Waals surface area contributed by atoms with Crippen LogP contribution in [0, 0.1) is 19.8 Å². The Bertz CT molecular complexity index is 665. The van der Waals surface area contributed by atoms with E-state index in [4.69, 9.17) is 4.42 Å². The first-order valence-electron chi connectivity index (χ1n) is 7.06. The second kappa shape index (κ2) is 6.02. The summed E-state index contributed by atoms with van der Waals surface area (Å²) in [6.45, 7) is 3.82. The average Bonchev–Trinajstić information content (AvgIpc) is 2.91. The molecule has 1 amide bonds. The molecule has 0 spiro atoms. The molecule has 1 fully saturated rings. The number of β-amino-alcohol motifs (C(OH)–C–C–N with tert-alkyl or cyclic N) is 1. The van der Waals surface area contributed by atoms with Crippen molar-refractivity contribution >= 4 is 15.9 Å². The van der Waals surface area contributed by atoms with Gasteiger partial charge in [-0.1, -0.05) is 0 Å². The molecule has 1 N–H and O–H groups in total. The Kier molecular flexibility index (Phi) is 4.65. The lowest BCUT2D eigenvalue weighted by Gasteiger charge is -2.17. The molecule has 0 saturated carbocycles. The molecule has 124 valence electrons. The summed E-state index contributed by atoms with van der Waals surface area (Å²) in [7, 11) is -0.504. The van der Waals surface area contributed by atoms with Crippen LogP contribution in [0.1, 0.15) is 21.9 Å². The summed E-state index contributed by atoms with van der Waals surface area (Å²) >= 11 is 0. The number of aliphatic hydroxyl groups excluding tert-OH is 1. The maximum absolute atomic E-state index is 12.5. The van der Waals surface area contributed by atoms with Crippen LogP contribution in [0.3, 0.4) is 0 Å². The molecule has 7 nitrogen and oxygen atoms in total. The summed E-state index contributed by atoms with van der Waals surface area (Å²) in [6, 6.07) is 1.66. The van der Waals surface area contributed by atoms with Gasteiger partial charge in [-0.15, -0.1) is 0 Å². The highest BCUT2D eigenvalue weighted by molar-refractivity contribution is 7.89. The molecule has 2 heterocycles. The van der Waals surface area contributed by atoms with Crippen molar-refractivity contribution in [1.29, 1.82) is 0 Å². The normalized spacial score (nSPS) is 22.5. The van der Waals surface area contributed by atoms with Gasteiger partial charge in [-0.3, -0.25) is 4.79 Å². The highest BCUT2D eigenvalue weighted by Crippen LogP contribution is 2.24. The lowest BCUT2D eigenvalue weighted by atomic mass is 10.1. The highest BCUT2D eigenvalue weighted by atomic mass is 32.2. The third kappa shape index (κ3) is 3.34. The maximum atomic E-state index is 12.5. The number of aliphatic hydroxyl groups is 1. The second-order valence-electron chi connectivity index (χ2n) is 5.93. The van der Waals surface area contributed by atoms with Crippen molar-refractivity contribution in [2.45, 2.75) is 20.0 Å². The van der Waals surface area contributed by atoms with Gasteiger partial charge in [-0.25, -0.2) is 12.7 Å². The number of carbonyl (C=O) groups excluding carboxylic acids is 1. The Hall–Kier alpha value is -1.38. The molecule has 0 aliphatic carbocycles. The van der Waals surface area contributed by atoms with Crippen LogP contribution in [-0.4, -0.2) is 67.7 Å². The Morgan fingerprint density at radius 1 is 1.41 bits per heavy atom. The van der Waals surface area contributed by atoms with Crippen molar-refractivity contribution in [3.8, 4) is 0 Å². The number of carbonyl (C=O) groups is 1. The van der Waals surface area contributed by atoms with E-state index in [0.717, 1.165) is 4.31 Å². The van der Waals surface area contributed by atoms with Crippen molar-refractivity contribution in [3.63, 3.8) is 0 Å². The minimum Gasteiger partial charge on any atom is -0.466 e. The molecular formula is C14H22N2O5S. The van der Waals surface area contributed by atoms with Gasteiger partial charge in [-0.2, -0.15) is 0 Å². The highest BCUT2D eigenvalue weighted by Gasteiger charge is 2.38. The number of amides is 1. The van der Waals surface area contributed by atoms with E-state index in [2.05, 4.69) is 0 Å². The fraction of sp³-hybridized carbons (Fsp3) is 0.643. The molecule has 1 aliphatic rings. The summed E-state index contributed by atoms with van der Waals surface area (Å²) in [6.07, 6.45) is -0.841. The molecule has 22 heavy (non-hydrogen) atoms. The predicted octanol–water partition coefficient (Wildman–Crippen LogP) is 0.221. The minimum absolute atomic E-state index is 0.135. The number of likely N-dealkylation sites (tertiary alicyclic amines) is 1. The van der Waals surface area contributed by atoms with E-state index in [0.29, 0.717) is 17.1 Å². The molecule has 0 radical (unpaired) electrons. The monoisotopic (exact) mass is 330 g/mol. The largest absolute Gasteiger partial charge is 0.466 e. The molecule has 8 heteroatoms. The van der Waals surface area contributed by atoms with Gasteiger partial charge in [0.1, 0.15) is 11.5 Å². The molecule has 1 aromatic heterocycles. The molecule has 2 rings (SSSR count). The molecule has 1 aliphatic heterocycles. The molecular weight excluding hydrogens is 308 g/mol. The van der Waals surface area contributed by atoms with Gasteiger partial charge in [0.2, 0.25) is 10.0 Å². The van der Waals surface area contributed by atoms with Crippen LogP contribution < -0.4 is 0 Å². The van der Waals surface area contributed by atoms with Gasteiger partial charge >= 0.3 is 0 Å². The summed E-state index contributed by atoms with van der Waals surface area (Å²) in [5.41, 5.74) is 0.459. The van der Waals surface area contributed by atoms with Crippen LogP contribution in [0.15, 0.2) is 10.5 Å². The van der Waals surface area contributed by atoms with E-state index < -0.39 is 22.0 Å². The smallest absolute Gasteiger partial charge is 0.257 e. The lowest BCUT2D eigenvalue weighted by Crippen LogP contribution is -2.33. The zero-order valence-electron chi connectivity index (χ0n) is 13.2. The predicted molar refractivity (Wildman–Crippen MR) is 81.1 cm³/mol.